The van der Waals surface area contributed by atoms with Crippen LogP contribution in [0.5, 0.6) is 0 Å². The van der Waals surface area contributed by atoms with Crippen LogP contribution in [-0.4, -0.2) is 18.1 Å². The molecule has 2 aromatic rings. The van der Waals surface area contributed by atoms with Gasteiger partial charge in [-0.05, 0) is 37.1 Å². The van der Waals surface area contributed by atoms with E-state index in [1.165, 1.54) is 0 Å². The first-order valence-electron chi connectivity index (χ1n) is 6.20. The van der Waals surface area contributed by atoms with Crippen molar-refractivity contribution in [2.24, 2.45) is 0 Å². The van der Waals surface area contributed by atoms with Crippen LogP contribution in [0.3, 0.4) is 0 Å². The lowest BCUT2D eigenvalue weighted by Crippen LogP contribution is -2.17. The number of rotatable bonds is 2. The van der Waals surface area contributed by atoms with Crippen LogP contribution in [-0.2, 0) is 0 Å². The number of halogens is 1. The van der Waals surface area contributed by atoms with E-state index >= 15 is 0 Å². The van der Waals surface area contributed by atoms with E-state index in [2.05, 4.69) is 16.0 Å². The molecule has 96 valence electrons. The predicted molar refractivity (Wildman–Crippen MR) is 73.1 cm³/mol. The molecule has 1 aliphatic heterocycles. The molecule has 4 nitrogen and oxygen atoms in total. The number of aromatic nitrogens is 1. The molecule has 1 saturated heterocycles. The fourth-order valence-corrected chi connectivity index (χ4v) is 2.36. The summed E-state index contributed by atoms with van der Waals surface area (Å²) in [6.07, 6.45) is 2.25. The van der Waals surface area contributed by atoms with Crippen molar-refractivity contribution >= 4 is 17.5 Å². The second kappa shape index (κ2) is 4.94. The van der Waals surface area contributed by atoms with Crippen molar-refractivity contribution in [1.82, 2.24) is 4.98 Å². The molecule has 1 aromatic heterocycles. The van der Waals surface area contributed by atoms with Crippen molar-refractivity contribution < 1.29 is 4.42 Å². The van der Waals surface area contributed by atoms with Gasteiger partial charge in [0.15, 0.2) is 0 Å². The summed E-state index contributed by atoms with van der Waals surface area (Å²) in [5.41, 5.74) is 1.18. The molecular formula is C14H12ClN3O. The highest BCUT2D eigenvalue weighted by molar-refractivity contribution is 6.30. The topological polar surface area (TPSA) is 53.1 Å². The van der Waals surface area contributed by atoms with Gasteiger partial charge in [-0.1, -0.05) is 11.6 Å². The minimum absolute atomic E-state index is 0.354. The molecule has 0 bridgehead atoms. The molecule has 0 amide bonds. The number of anilines is 1. The Balaban J connectivity index is 1.99. The van der Waals surface area contributed by atoms with Crippen molar-refractivity contribution in [3.05, 3.63) is 35.0 Å². The van der Waals surface area contributed by atoms with Gasteiger partial charge in [-0.15, -0.1) is 0 Å². The summed E-state index contributed by atoms with van der Waals surface area (Å²) in [6, 6.07) is 9.34. The third kappa shape index (κ3) is 2.29. The zero-order valence-electron chi connectivity index (χ0n) is 10.3. The number of nitriles is 1. The van der Waals surface area contributed by atoms with E-state index in [-0.39, 0.29) is 0 Å². The molecule has 0 spiro atoms. The van der Waals surface area contributed by atoms with E-state index in [4.69, 9.17) is 21.3 Å². The van der Waals surface area contributed by atoms with Gasteiger partial charge in [-0.25, -0.2) is 0 Å². The third-order valence-corrected chi connectivity index (χ3v) is 3.45. The molecule has 1 aromatic carbocycles. The Morgan fingerprint density at radius 1 is 1.21 bits per heavy atom. The smallest absolute Gasteiger partial charge is 0.235 e. The Bertz CT molecular complexity index is 621. The molecule has 2 heterocycles. The largest absolute Gasteiger partial charge is 0.419 e. The lowest BCUT2D eigenvalue weighted by atomic mass is 10.2. The predicted octanol–water partition coefficient (Wildman–Crippen LogP) is 3.47. The normalized spacial score (nSPS) is 14.6. The highest BCUT2D eigenvalue weighted by Gasteiger charge is 2.22. The summed E-state index contributed by atoms with van der Waals surface area (Å²) in [7, 11) is 0. The van der Waals surface area contributed by atoms with Gasteiger partial charge in [0.05, 0.1) is 0 Å². The number of hydrogen-bond donors (Lipinski definition) is 0. The van der Waals surface area contributed by atoms with Gasteiger partial charge in [0.25, 0.3) is 0 Å². The van der Waals surface area contributed by atoms with Crippen LogP contribution < -0.4 is 4.90 Å². The van der Waals surface area contributed by atoms with E-state index < -0.39 is 0 Å². The Labute approximate surface area is 116 Å². The Hall–Kier alpha value is -1.99. The first kappa shape index (κ1) is 12.1. The van der Waals surface area contributed by atoms with Gasteiger partial charge >= 0.3 is 0 Å². The summed E-state index contributed by atoms with van der Waals surface area (Å²) in [4.78, 5) is 6.34. The maximum absolute atomic E-state index is 9.16. The maximum Gasteiger partial charge on any atom is 0.235 e. The van der Waals surface area contributed by atoms with Crippen molar-refractivity contribution in [3.63, 3.8) is 0 Å². The summed E-state index contributed by atoms with van der Waals surface area (Å²) in [5.74, 6) is 1.06. The van der Waals surface area contributed by atoms with E-state index in [0.29, 0.717) is 22.5 Å². The van der Waals surface area contributed by atoms with Gasteiger partial charge in [0.1, 0.15) is 6.07 Å². The molecule has 0 atom stereocenters. The van der Waals surface area contributed by atoms with Crippen LogP contribution in [0.1, 0.15) is 18.5 Å². The van der Waals surface area contributed by atoms with Crippen LogP contribution in [0.15, 0.2) is 28.7 Å². The number of oxazole rings is 1. The van der Waals surface area contributed by atoms with Crippen molar-refractivity contribution in [1.29, 1.82) is 5.26 Å². The average Bonchev–Trinajstić information content (AvgIpc) is 3.08. The van der Waals surface area contributed by atoms with Crippen molar-refractivity contribution in [2.75, 3.05) is 18.0 Å². The third-order valence-electron chi connectivity index (χ3n) is 3.20. The Morgan fingerprint density at radius 3 is 2.53 bits per heavy atom. The lowest BCUT2D eigenvalue weighted by molar-refractivity contribution is 0.563. The first-order valence-corrected chi connectivity index (χ1v) is 6.57. The van der Waals surface area contributed by atoms with Gasteiger partial charge in [-0.3, -0.25) is 0 Å². The monoisotopic (exact) mass is 273 g/mol. The van der Waals surface area contributed by atoms with Gasteiger partial charge in [0, 0.05) is 23.7 Å². The minimum Gasteiger partial charge on any atom is -0.419 e. The molecule has 0 aliphatic carbocycles. The minimum atomic E-state index is 0.354. The molecule has 3 rings (SSSR count). The molecule has 1 fully saturated rings. The summed E-state index contributed by atoms with van der Waals surface area (Å²) in [6.45, 7) is 1.84. The molecule has 0 radical (unpaired) electrons. The van der Waals surface area contributed by atoms with Crippen LogP contribution in [0.2, 0.25) is 5.02 Å². The van der Waals surface area contributed by atoms with Crippen molar-refractivity contribution in [3.8, 4) is 17.5 Å². The van der Waals surface area contributed by atoms with Gasteiger partial charge < -0.3 is 9.32 Å². The summed E-state index contributed by atoms with van der Waals surface area (Å²) in [5, 5.41) is 9.83. The second-order valence-electron chi connectivity index (χ2n) is 4.49. The number of benzene rings is 1. The Kier molecular flexibility index (Phi) is 3.14. The van der Waals surface area contributed by atoms with E-state index in [1.54, 1.807) is 12.1 Å². The first-order chi connectivity index (χ1) is 9.28. The Morgan fingerprint density at radius 2 is 1.89 bits per heavy atom. The average molecular weight is 274 g/mol. The highest BCUT2D eigenvalue weighted by Crippen LogP contribution is 2.30. The number of hydrogen-bond acceptors (Lipinski definition) is 4. The fourth-order valence-electron chi connectivity index (χ4n) is 2.24. The van der Waals surface area contributed by atoms with Crippen LogP contribution in [0.25, 0.3) is 11.5 Å². The second-order valence-corrected chi connectivity index (χ2v) is 4.92. The van der Waals surface area contributed by atoms with Crippen molar-refractivity contribution in [2.45, 2.75) is 12.8 Å². The molecule has 1 aliphatic rings. The molecule has 0 unspecified atom stereocenters. The molecule has 19 heavy (non-hydrogen) atoms. The van der Waals surface area contributed by atoms with Gasteiger partial charge in [0.2, 0.25) is 17.5 Å². The molecule has 5 heteroatoms. The molecular weight excluding hydrogens is 262 g/mol. The zero-order chi connectivity index (χ0) is 13.2. The van der Waals surface area contributed by atoms with Gasteiger partial charge in [-0.2, -0.15) is 10.2 Å². The van der Waals surface area contributed by atoms with E-state index in [0.717, 1.165) is 31.5 Å². The highest BCUT2D eigenvalue weighted by atomic mass is 35.5. The molecule has 0 saturated carbocycles. The summed E-state index contributed by atoms with van der Waals surface area (Å²) >= 11 is 5.85. The molecule has 0 N–H and O–H groups in total. The maximum atomic E-state index is 9.16. The quantitative estimate of drug-likeness (QED) is 0.841. The van der Waals surface area contributed by atoms with E-state index in [1.807, 2.05) is 12.1 Å². The zero-order valence-corrected chi connectivity index (χ0v) is 11.0. The standard InChI is InChI=1S/C14H12ClN3O/c15-11-5-3-10(4-6-11)13-17-12(9-16)14(19-13)18-7-1-2-8-18/h3-6H,1-2,7-8H2. The number of nitrogens with zero attached hydrogens (tertiary/aromatic N) is 3. The van der Waals surface area contributed by atoms with E-state index in [9.17, 15) is 0 Å². The van der Waals surface area contributed by atoms with Crippen LogP contribution in [0, 0.1) is 11.3 Å². The summed E-state index contributed by atoms with van der Waals surface area (Å²) < 4.78 is 5.76. The van der Waals surface area contributed by atoms with Crippen LogP contribution in [0.4, 0.5) is 5.88 Å². The SMILES string of the molecule is N#Cc1nc(-c2ccc(Cl)cc2)oc1N1CCCC1. The fraction of sp³-hybridized carbons (Fsp3) is 0.286. The lowest BCUT2D eigenvalue weighted by Gasteiger charge is -2.12. The van der Waals surface area contributed by atoms with Crippen LogP contribution >= 0.6 is 11.6 Å².